The van der Waals surface area contributed by atoms with Crippen LogP contribution in [0.15, 0.2) is 47.4 Å². The van der Waals surface area contributed by atoms with E-state index in [4.69, 9.17) is 4.74 Å². The Kier molecular flexibility index (Phi) is 8.79. The lowest BCUT2D eigenvalue weighted by molar-refractivity contribution is 0.0813. The van der Waals surface area contributed by atoms with Crippen LogP contribution in [0.3, 0.4) is 0 Å². The predicted octanol–water partition coefficient (Wildman–Crippen LogP) is 3.48. The lowest BCUT2D eigenvalue weighted by atomic mass is 10.0. The molecule has 0 saturated heterocycles. The van der Waals surface area contributed by atoms with Gasteiger partial charge in [-0.2, -0.15) is 4.31 Å². The van der Waals surface area contributed by atoms with Crippen LogP contribution < -0.4 is 10.1 Å². The summed E-state index contributed by atoms with van der Waals surface area (Å²) in [5.41, 5.74) is 2.91. The SMILES string of the molecule is CCCNC(=O)N(C)C[C@@H]1Oc2cc(-c3ccc(C)cc3)ccc2S(=O)(=O)N([C@@H](C)CO)C[C@@H]1C. The molecule has 0 fully saturated rings. The number of carbonyl (C=O) groups is 1. The summed E-state index contributed by atoms with van der Waals surface area (Å²) in [5, 5.41) is 12.7. The van der Waals surface area contributed by atoms with Crippen molar-refractivity contribution < 1.29 is 23.1 Å². The second-order valence-electron chi connectivity index (χ2n) is 9.38. The van der Waals surface area contributed by atoms with E-state index in [1.54, 1.807) is 37.1 Å². The number of aryl methyl sites for hydroxylation is 1. The van der Waals surface area contributed by atoms with E-state index in [1.165, 1.54) is 4.31 Å². The first kappa shape index (κ1) is 27.0. The second-order valence-corrected chi connectivity index (χ2v) is 11.2. The molecule has 3 atom stereocenters. The first-order chi connectivity index (χ1) is 16.6. The Morgan fingerprint density at radius 3 is 2.51 bits per heavy atom. The number of carbonyl (C=O) groups excluding carboxylic acids is 1. The Bertz CT molecular complexity index is 1120. The van der Waals surface area contributed by atoms with Gasteiger partial charge in [-0.25, -0.2) is 13.2 Å². The number of hydrogen-bond acceptors (Lipinski definition) is 5. The number of rotatable bonds is 7. The van der Waals surface area contributed by atoms with Crippen molar-refractivity contribution in [2.45, 2.75) is 51.2 Å². The summed E-state index contributed by atoms with van der Waals surface area (Å²) >= 11 is 0. The van der Waals surface area contributed by atoms with Crippen LogP contribution in [0, 0.1) is 12.8 Å². The van der Waals surface area contributed by atoms with Gasteiger partial charge in [-0.05, 0) is 43.5 Å². The summed E-state index contributed by atoms with van der Waals surface area (Å²) in [7, 11) is -2.21. The van der Waals surface area contributed by atoms with Gasteiger partial charge in [-0.15, -0.1) is 0 Å². The number of aliphatic hydroxyl groups is 1. The predicted molar refractivity (Wildman–Crippen MR) is 137 cm³/mol. The molecule has 1 aliphatic rings. The molecule has 2 aromatic carbocycles. The molecule has 9 heteroatoms. The van der Waals surface area contributed by atoms with E-state index in [9.17, 15) is 18.3 Å². The smallest absolute Gasteiger partial charge is 0.317 e. The van der Waals surface area contributed by atoms with E-state index in [0.29, 0.717) is 6.54 Å². The fraction of sp³-hybridized carbons (Fsp3) is 0.500. The Morgan fingerprint density at radius 1 is 1.23 bits per heavy atom. The van der Waals surface area contributed by atoms with E-state index >= 15 is 0 Å². The van der Waals surface area contributed by atoms with Crippen molar-refractivity contribution in [3.8, 4) is 16.9 Å². The first-order valence-corrected chi connectivity index (χ1v) is 13.5. The standard InChI is InChI=1S/C26H37N3O5S/c1-6-13-27-26(31)28(5)16-24-19(3)15-29(20(4)17-30)35(32,33)25-12-11-22(14-23(25)34-24)21-9-7-18(2)8-10-21/h7-12,14,19-20,24,30H,6,13,15-17H2,1-5H3,(H,27,31)/t19-,20-,24-/m0/s1. The maximum absolute atomic E-state index is 13.6. The quantitative estimate of drug-likeness (QED) is 0.603. The number of amides is 2. The third-order valence-corrected chi connectivity index (χ3v) is 8.40. The molecular formula is C26H37N3O5S. The summed E-state index contributed by atoms with van der Waals surface area (Å²) in [5.74, 6) is 0.00788. The zero-order valence-corrected chi connectivity index (χ0v) is 22.0. The number of fused-ring (bicyclic) bond motifs is 1. The van der Waals surface area contributed by atoms with Gasteiger partial charge in [0.1, 0.15) is 16.7 Å². The van der Waals surface area contributed by atoms with Gasteiger partial charge in [0.25, 0.3) is 0 Å². The van der Waals surface area contributed by atoms with Crippen LogP contribution in [0.25, 0.3) is 11.1 Å². The van der Waals surface area contributed by atoms with Gasteiger partial charge < -0.3 is 20.1 Å². The molecule has 1 aliphatic heterocycles. The number of aliphatic hydroxyl groups excluding tert-OH is 1. The fourth-order valence-corrected chi connectivity index (χ4v) is 5.91. The minimum Gasteiger partial charge on any atom is -0.487 e. The molecule has 2 N–H and O–H groups in total. The average molecular weight is 504 g/mol. The Morgan fingerprint density at radius 2 is 1.89 bits per heavy atom. The zero-order valence-electron chi connectivity index (χ0n) is 21.2. The maximum atomic E-state index is 13.6. The molecule has 8 nitrogen and oxygen atoms in total. The lowest BCUT2D eigenvalue weighted by Gasteiger charge is -2.37. The van der Waals surface area contributed by atoms with Crippen LogP contribution in [0.4, 0.5) is 4.79 Å². The van der Waals surface area contributed by atoms with Crippen molar-refractivity contribution in [3.63, 3.8) is 0 Å². The molecule has 3 rings (SSSR count). The molecule has 0 saturated carbocycles. The van der Waals surface area contributed by atoms with Crippen LogP contribution in [-0.4, -0.2) is 74.2 Å². The summed E-state index contributed by atoms with van der Waals surface area (Å²) in [4.78, 5) is 14.1. The van der Waals surface area contributed by atoms with Gasteiger partial charge in [-0.3, -0.25) is 0 Å². The molecule has 1 heterocycles. The third kappa shape index (κ3) is 6.15. The fourth-order valence-electron chi connectivity index (χ4n) is 4.09. The topological polar surface area (TPSA) is 99.2 Å². The zero-order chi connectivity index (χ0) is 25.8. The molecule has 0 spiro atoms. The van der Waals surface area contributed by atoms with Gasteiger partial charge in [0, 0.05) is 32.1 Å². The molecule has 0 bridgehead atoms. The summed E-state index contributed by atoms with van der Waals surface area (Å²) in [6, 6.07) is 12.3. The second kappa shape index (κ2) is 11.4. The number of nitrogens with one attached hydrogen (secondary N) is 1. The summed E-state index contributed by atoms with van der Waals surface area (Å²) < 4.78 is 35.0. The molecule has 2 amide bonds. The Balaban J connectivity index is 2.05. The molecular weight excluding hydrogens is 466 g/mol. The van der Waals surface area contributed by atoms with Crippen LogP contribution in [0.5, 0.6) is 5.75 Å². The Labute approximate surface area is 208 Å². The van der Waals surface area contributed by atoms with E-state index in [0.717, 1.165) is 23.1 Å². The number of sulfonamides is 1. The number of ether oxygens (including phenoxy) is 1. The van der Waals surface area contributed by atoms with E-state index in [2.05, 4.69) is 5.32 Å². The van der Waals surface area contributed by atoms with Gasteiger partial charge in [-0.1, -0.05) is 49.7 Å². The number of nitrogens with zero attached hydrogens (tertiary/aromatic N) is 2. The minimum absolute atomic E-state index is 0.0589. The molecule has 2 aromatic rings. The number of benzene rings is 2. The Hall–Kier alpha value is -2.62. The summed E-state index contributed by atoms with van der Waals surface area (Å²) in [6.45, 7) is 8.32. The average Bonchev–Trinajstić information content (AvgIpc) is 2.84. The number of urea groups is 1. The number of hydrogen-bond donors (Lipinski definition) is 2. The molecule has 35 heavy (non-hydrogen) atoms. The molecule has 192 valence electrons. The van der Waals surface area contributed by atoms with Crippen molar-refractivity contribution >= 4 is 16.1 Å². The molecule has 0 aliphatic carbocycles. The van der Waals surface area contributed by atoms with Crippen LogP contribution >= 0.6 is 0 Å². The minimum atomic E-state index is -3.92. The largest absolute Gasteiger partial charge is 0.487 e. The maximum Gasteiger partial charge on any atom is 0.317 e. The highest BCUT2D eigenvalue weighted by Gasteiger charge is 2.38. The van der Waals surface area contributed by atoms with Crippen molar-refractivity contribution in [1.29, 1.82) is 0 Å². The van der Waals surface area contributed by atoms with E-state index in [1.807, 2.05) is 45.0 Å². The van der Waals surface area contributed by atoms with Gasteiger partial charge in [0.15, 0.2) is 0 Å². The molecule has 0 radical (unpaired) electrons. The van der Waals surface area contributed by atoms with Gasteiger partial charge >= 0.3 is 6.03 Å². The highest BCUT2D eigenvalue weighted by atomic mass is 32.2. The highest BCUT2D eigenvalue weighted by molar-refractivity contribution is 7.89. The van der Waals surface area contributed by atoms with Crippen molar-refractivity contribution in [3.05, 3.63) is 48.0 Å². The normalized spacial score (nSPS) is 20.6. The highest BCUT2D eigenvalue weighted by Crippen LogP contribution is 2.36. The van der Waals surface area contributed by atoms with Crippen molar-refractivity contribution in [2.24, 2.45) is 5.92 Å². The van der Waals surface area contributed by atoms with Crippen LogP contribution in [-0.2, 0) is 10.0 Å². The van der Waals surface area contributed by atoms with Crippen molar-refractivity contribution in [2.75, 3.05) is 33.3 Å². The first-order valence-electron chi connectivity index (χ1n) is 12.1. The van der Waals surface area contributed by atoms with E-state index < -0.39 is 22.2 Å². The monoisotopic (exact) mass is 503 g/mol. The molecule has 0 aromatic heterocycles. The van der Waals surface area contributed by atoms with Crippen LogP contribution in [0.2, 0.25) is 0 Å². The third-order valence-electron chi connectivity index (χ3n) is 6.38. The lowest BCUT2D eigenvalue weighted by Crippen LogP contribution is -2.51. The van der Waals surface area contributed by atoms with Gasteiger partial charge in [0.05, 0.1) is 13.2 Å². The summed E-state index contributed by atoms with van der Waals surface area (Å²) in [6.07, 6.45) is 0.375. The molecule has 0 unspecified atom stereocenters. The van der Waals surface area contributed by atoms with E-state index in [-0.39, 0.29) is 42.3 Å². The van der Waals surface area contributed by atoms with Gasteiger partial charge in [0.2, 0.25) is 10.0 Å². The van der Waals surface area contributed by atoms with Crippen molar-refractivity contribution in [1.82, 2.24) is 14.5 Å². The van der Waals surface area contributed by atoms with Crippen LogP contribution in [0.1, 0.15) is 32.8 Å². The number of likely N-dealkylation sites (N-methyl/N-ethyl adjacent to an activating group) is 1.